The average Bonchev–Trinajstić information content (AvgIpc) is 4.22. The molecule has 72 heavy (non-hydrogen) atoms. The Kier molecular flexibility index (Phi) is 13.7. The summed E-state index contributed by atoms with van der Waals surface area (Å²) in [5, 5.41) is 30.0. The van der Waals surface area contributed by atoms with Gasteiger partial charge < -0.3 is 25.1 Å². The predicted molar refractivity (Wildman–Crippen MR) is 285 cm³/mol. The molecule has 2 aromatic carbocycles. The third-order valence-electron chi connectivity index (χ3n) is 14.3. The fourth-order valence-electron chi connectivity index (χ4n) is 10.2. The van der Waals surface area contributed by atoms with Gasteiger partial charge in [-0.05, 0) is 87.1 Å². The van der Waals surface area contributed by atoms with Crippen LogP contribution in [-0.4, -0.2) is 112 Å². The van der Waals surface area contributed by atoms with Gasteiger partial charge in [0.05, 0.1) is 46.6 Å². The Morgan fingerprint density at radius 3 is 2.36 bits per heavy atom. The van der Waals surface area contributed by atoms with Crippen molar-refractivity contribution in [2.75, 3.05) is 37.6 Å². The van der Waals surface area contributed by atoms with Crippen molar-refractivity contribution >= 4 is 57.6 Å². The SMILES string of the molecule is C=C(N[C@@H](C)c1ccc(-c2scnc2C)cc1)[C@@H]1C[C@@H](O)CN1C(=O)[C@H](C(C)C)n1cc(-c2ccnc(N3CCN(C(=O)C[C@@H]4N=C(c5ccc(Cl)cc5)c5c(sc(C)c5C)-n5c(C)nnc54)CC3)c2)cn1. The number of aliphatic hydroxyl groups is 1. The van der Waals surface area contributed by atoms with E-state index in [1.165, 1.54) is 4.88 Å². The zero-order valence-electron chi connectivity index (χ0n) is 41.6. The Hall–Kier alpha value is -6.53. The van der Waals surface area contributed by atoms with Gasteiger partial charge in [-0.15, -0.1) is 32.9 Å². The summed E-state index contributed by atoms with van der Waals surface area (Å²) in [7, 11) is 0. The van der Waals surface area contributed by atoms with Crippen molar-refractivity contribution in [3.8, 4) is 26.6 Å². The summed E-state index contributed by atoms with van der Waals surface area (Å²) >= 11 is 9.63. The lowest BCUT2D eigenvalue weighted by Crippen LogP contribution is -2.49. The monoisotopic (exact) mass is 1020 g/mol. The Morgan fingerprint density at radius 2 is 1.65 bits per heavy atom. The highest BCUT2D eigenvalue weighted by molar-refractivity contribution is 7.15. The average molecular weight is 1020 g/mol. The molecule has 0 saturated carbocycles. The van der Waals surface area contributed by atoms with Crippen LogP contribution >= 0.6 is 34.3 Å². The number of pyridine rings is 1. The van der Waals surface area contributed by atoms with Crippen LogP contribution in [0.5, 0.6) is 0 Å². The molecule has 0 bridgehead atoms. The number of anilines is 1. The molecule has 2 fully saturated rings. The van der Waals surface area contributed by atoms with Gasteiger partial charge in [-0.3, -0.25) is 23.8 Å². The molecular weight excluding hydrogens is 964 g/mol. The number of thiophene rings is 1. The molecule has 18 heteroatoms. The first-order valence-corrected chi connectivity index (χ1v) is 26.5. The van der Waals surface area contributed by atoms with E-state index in [1.54, 1.807) is 44.6 Å². The quantitative estimate of drug-likeness (QED) is 0.114. The number of thiazole rings is 1. The van der Waals surface area contributed by atoms with Crippen molar-refractivity contribution in [2.24, 2.45) is 10.9 Å². The van der Waals surface area contributed by atoms with Crippen LogP contribution in [-0.2, 0) is 9.59 Å². The molecule has 2 amide bonds. The van der Waals surface area contributed by atoms with Crippen molar-refractivity contribution in [1.29, 1.82) is 0 Å². The molecule has 8 heterocycles. The van der Waals surface area contributed by atoms with Crippen LogP contribution in [0.4, 0.5) is 5.82 Å². The van der Waals surface area contributed by atoms with Gasteiger partial charge in [-0.25, -0.2) is 9.97 Å². The Bertz CT molecular complexity index is 3180. The van der Waals surface area contributed by atoms with Crippen molar-refractivity contribution in [2.45, 2.75) is 91.6 Å². The molecule has 2 N–H and O–H groups in total. The first-order valence-electron chi connectivity index (χ1n) is 24.5. The number of piperazine rings is 1. The summed E-state index contributed by atoms with van der Waals surface area (Å²) in [6.45, 7) is 21.1. The molecule has 3 aliphatic rings. The smallest absolute Gasteiger partial charge is 0.248 e. The van der Waals surface area contributed by atoms with Crippen molar-refractivity contribution in [1.82, 2.24) is 49.6 Å². The van der Waals surface area contributed by atoms with Crippen LogP contribution in [0.25, 0.3) is 26.6 Å². The van der Waals surface area contributed by atoms with Crippen LogP contribution in [0.15, 0.2) is 102 Å². The number of fused-ring (bicyclic) bond motifs is 3. The number of halogens is 1. The highest BCUT2D eigenvalue weighted by Gasteiger charge is 2.41. The molecule has 10 rings (SSSR count). The maximum atomic E-state index is 14.6. The third-order valence-corrected chi connectivity index (χ3v) is 16.7. The van der Waals surface area contributed by atoms with E-state index >= 15 is 0 Å². The number of hydrogen-bond donors (Lipinski definition) is 2. The number of β-amino-alcohol motifs (C(OH)–C–C–N with tert-alkyl or cyclic N) is 1. The van der Waals surface area contributed by atoms with E-state index in [2.05, 4.69) is 81.6 Å². The standard InChI is InChI=1S/C54H59ClN12O3S2/c1-30(2)50(53(70)65-28-43(68)24-45(65)33(5)59-32(4)37-9-11-39(12-10-37)51-34(6)57-29-71-51)66-27-41(26-58-66)40-17-18-56-46(23-40)63-19-21-64(22-20-63)47(69)25-44-52-62-61-36(8)67(52)54-48(31(3)35(7)72-54)49(60-44)38-13-15-42(55)16-14-38/h9-18,23,26-27,29-30,32,43-45,50,59,68H,5,19-22,24-25,28H2,1-4,6-8H3/t32-,43+,44-,45-,50-/m0/s1. The van der Waals surface area contributed by atoms with Gasteiger partial charge in [0, 0.05) is 89.9 Å². The summed E-state index contributed by atoms with van der Waals surface area (Å²) in [5.41, 5.74) is 11.5. The number of aryl methyl sites for hydroxylation is 3. The van der Waals surface area contributed by atoms with Crippen LogP contribution < -0.4 is 10.2 Å². The lowest BCUT2D eigenvalue weighted by Gasteiger charge is -2.36. The Labute approximate surface area is 432 Å². The number of carbonyl (C=O) groups excluding carboxylic acids is 2. The van der Waals surface area contributed by atoms with Gasteiger partial charge in [0.1, 0.15) is 28.7 Å². The van der Waals surface area contributed by atoms with Gasteiger partial charge in [0.25, 0.3) is 0 Å². The van der Waals surface area contributed by atoms with Crippen LogP contribution in [0, 0.1) is 33.6 Å². The van der Waals surface area contributed by atoms with Gasteiger partial charge in [0.15, 0.2) is 5.82 Å². The second-order valence-electron chi connectivity index (χ2n) is 19.5. The first kappa shape index (κ1) is 49.1. The van der Waals surface area contributed by atoms with Gasteiger partial charge >= 0.3 is 0 Å². The summed E-state index contributed by atoms with van der Waals surface area (Å²) in [6, 6.07) is 18.5. The number of aliphatic hydroxyl groups excluding tert-OH is 1. The van der Waals surface area contributed by atoms with Crippen LogP contribution in [0.1, 0.15) is 96.2 Å². The van der Waals surface area contributed by atoms with Crippen molar-refractivity contribution in [3.05, 3.63) is 147 Å². The minimum Gasteiger partial charge on any atom is -0.391 e. The van der Waals surface area contributed by atoms with E-state index in [0.717, 1.165) is 71.9 Å². The maximum absolute atomic E-state index is 14.6. The number of amides is 2. The third kappa shape index (κ3) is 9.50. The van der Waals surface area contributed by atoms with Gasteiger partial charge in [-0.2, -0.15) is 5.10 Å². The molecule has 372 valence electrons. The van der Waals surface area contributed by atoms with Crippen LogP contribution in [0.3, 0.4) is 0 Å². The second-order valence-corrected chi connectivity index (χ2v) is 21.9. The number of nitrogens with zero attached hydrogens (tertiary/aromatic N) is 11. The highest BCUT2D eigenvalue weighted by Crippen LogP contribution is 2.40. The predicted octanol–water partition coefficient (Wildman–Crippen LogP) is 9.25. The molecule has 3 aliphatic heterocycles. The molecule has 5 aromatic heterocycles. The number of aromatic nitrogens is 7. The lowest BCUT2D eigenvalue weighted by molar-refractivity contribution is -0.137. The van der Waals surface area contributed by atoms with E-state index in [1.807, 2.05) is 80.7 Å². The van der Waals surface area contributed by atoms with E-state index < -0.39 is 24.2 Å². The van der Waals surface area contributed by atoms with Gasteiger partial charge in [0.2, 0.25) is 11.8 Å². The molecule has 0 aliphatic carbocycles. The number of nitrogens with one attached hydrogen (secondary N) is 1. The maximum Gasteiger partial charge on any atom is 0.248 e. The summed E-state index contributed by atoms with van der Waals surface area (Å²) in [4.78, 5) is 51.5. The number of rotatable bonds is 13. The lowest BCUT2D eigenvalue weighted by atomic mass is 9.99. The Balaban J connectivity index is 0.798. The Morgan fingerprint density at radius 1 is 0.917 bits per heavy atom. The number of aliphatic imine (C=N–C) groups is 1. The van der Waals surface area contributed by atoms with Crippen LogP contribution in [0.2, 0.25) is 5.02 Å². The topological polar surface area (TPSA) is 163 Å². The van der Waals surface area contributed by atoms with E-state index in [9.17, 15) is 14.7 Å². The summed E-state index contributed by atoms with van der Waals surface area (Å²) < 4.78 is 3.83. The number of likely N-dealkylation sites (tertiary alicyclic amines) is 1. The molecule has 5 atom stereocenters. The van der Waals surface area contributed by atoms with E-state index in [-0.39, 0.29) is 36.7 Å². The number of benzene rings is 2. The normalized spacial score (nSPS) is 18.7. The molecule has 0 unspecified atom stereocenters. The summed E-state index contributed by atoms with van der Waals surface area (Å²) in [5.74, 6) is 1.99. The van der Waals surface area contributed by atoms with E-state index in [0.29, 0.717) is 49.1 Å². The first-order chi connectivity index (χ1) is 34.6. The van der Waals surface area contributed by atoms with Gasteiger partial charge in [-0.1, -0.05) is 68.4 Å². The number of carbonyl (C=O) groups is 2. The fraction of sp³-hybridized carbons (Fsp3) is 0.370. The minimum atomic E-state index is -0.674. The fourth-order valence-corrected chi connectivity index (χ4v) is 12.4. The second kappa shape index (κ2) is 20.2. The molecule has 0 radical (unpaired) electrons. The summed E-state index contributed by atoms with van der Waals surface area (Å²) in [6.07, 6.45) is 5.37. The molecule has 2 saturated heterocycles. The van der Waals surface area contributed by atoms with Crippen molar-refractivity contribution < 1.29 is 14.7 Å². The number of hydrogen-bond acceptors (Lipinski definition) is 13. The van der Waals surface area contributed by atoms with E-state index in [4.69, 9.17) is 26.7 Å². The molecule has 7 aromatic rings. The van der Waals surface area contributed by atoms with Crippen molar-refractivity contribution in [3.63, 3.8) is 0 Å². The molecular formula is C54H59ClN12O3S2. The zero-order chi connectivity index (χ0) is 50.5. The minimum absolute atomic E-state index is 0.00153. The zero-order valence-corrected chi connectivity index (χ0v) is 44.0. The largest absolute Gasteiger partial charge is 0.391 e. The molecule has 15 nitrogen and oxygen atoms in total. The highest BCUT2D eigenvalue weighted by atomic mass is 35.5. The molecule has 0 spiro atoms.